The summed E-state index contributed by atoms with van der Waals surface area (Å²) >= 11 is 0. The molecule has 2 aromatic rings. The Morgan fingerprint density at radius 1 is 1.20 bits per heavy atom. The predicted molar refractivity (Wildman–Crippen MR) is 125 cm³/mol. The van der Waals surface area contributed by atoms with Crippen LogP contribution in [0.25, 0.3) is 0 Å². The van der Waals surface area contributed by atoms with E-state index in [-0.39, 0.29) is 29.9 Å². The van der Waals surface area contributed by atoms with Gasteiger partial charge < -0.3 is 15.2 Å². The van der Waals surface area contributed by atoms with Crippen molar-refractivity contribution < 1.29 is 13.2 Å². The molecule has 0 spiro atoms. The quantitative estimate of drug-likeness (QED) is 0.206. The molecule has 2 N–H and O–H groups in total. The highest BCUT2D eigenvalue weighted by Crippen LogP contribution is 2.31. The lowest BCUT2D eigenvalue weighted by molar-refractivity contribution is -0.137. The van der Waals surface area contributed by atoms with Crippen molar-refractivity contribution >= 4 is 29.9 Å². The summed E-state index contributed by atoms with van der Waals surface area (Å²) in [6, 6.07) is 5.55. The van der Waals surface area contributed by atoms with Gasteiger partial charge in [-0.25, -0.2) is 4.98 Å². The molecule has 9 heteroatoms. The van der Waals surface area contributed by atoms with Crippen molar-refractivity contribution in [3.8, 4) is 0 Å². The minimum absolute atomic E-state index is 0. The number of aromatic nitrogens is 2. The van der Waals surface area contributed by atoms with Gasteiger partial charge in [-0.05, 0) is 43.7 Å². The fourth-order valence-corrected chi connectivity index (χ4v) is 3.07. The number of hydrogen-bond donors (Lipinski definition) is 2. The Labute approximate surface area is 193 Å². The van der Waals surface area contributed by atoms with Crippen molar-refractivity contribution in [2.75, 3.05) is 20.1 Å². The highest BCUT2D eigenvalue weighted by atomic mass is 127. The summed E-state index contributed by atoms with van der Waals surface area (Å²) in [5.41, 5.74) is 0.0949. The van der Waals surface area contributed by atoms with Gasteiger partial charge >= 0.3 is 6.18 Å². The summed E-state index contributed by atoms with van der Waals surface area (Å²) in [5.74, 6) is 1.74. The van der Waals surface area contributed by atoms with Gasteiger partial charge in [0, 0.05) is 39.1 Å². The van der Waals surface area contributed by atoms with Crippen molar-refractivity contribution in [1.29, 1.82) is 0 Å². The van der Waals surface area contributed by atoms with E-state index in [0.29, 0.717) is 24.5 Å². The van der Waals surface area contributed by atoms with E-state index in [4.69, 9.17) is 0 Å². The maximum absolute atomic E-state index is 12.9. The van der Waals surface area contributed by atoms with E-state index < -0.39 is 11.7 Å². The molecule has 0 aliphatic rings. The molecule has 1 atom stereocenters. The van der Waals surface area contributed by atoms with Crippen LogP contribution in [0.1, 0.15) is 49.1 Å². The summed E-state index contributed by atoms with van der Waals surface area (Å²) < 4.78 is 40.7. The molecule has 0 fully saturated rings. The maximum atomic E-state index is 12.9. The molecule has 0 amide bonds. The van der Waals surface area contributed by atoms with Crippen molar-refractivity contribution in [3.63, 3.8) is 0 Å². The lowest BCUT2D eigenvalue weighted by Crippen LogP contribution is -2.38. The number of rotatable bonds is 9. The van der Waals surface area contributed by atoms with E-state index in [1.807, 2.05) is 20.0 Å². The second-order valence-electron chi connectivity index (χ2n) is 7.11. The Morgan fingerprint density at radius 2 is 1.93 bits per heavy atom. The first-order valence-corrected chi connectivity index (χ1v) is 9.90. The number of guanidine groups is 1. The predicted octanol–water partition coefficient (Wildman–Crippen LogP) is 4.97. The Hall–Kier alpha value is -1.78. The standard InChI is InChI=1S/C21H30F3N5.HI/c1-16(18-7-6-8-19(15-18)21(22,23)24)9-11-28-20(25-3)27-10-4-5-13-29-14-12-26-17(29)2;/h6-8,12,14-16H,4-5,9-11,13H2,1-3H3,(H2,25,27,28);1H. The number of imidazole rings is 1. The number of hydrogen-bond acceptors (Lipinski definition) is 2. The van der Waals surface area contributed by atoms with Gasteiger partial charge in [0.15, 0.2) is 5.96 Å². The van der Waals surface area contributed by atoms with E-state index in [1.165, 1.54) is 12.1 Å². The highest BCUT2D eigenvalue weighted by Gasteiger charge is 2.30. The minimum atomic E-state index is -4.31. The van der Waals surface area contributed by atoms with Crippen molar-refractivity contribution in [3.05, 3.63) is 53.6 Å². The molecular formula is C21H31F3IN5. The molecular weight excluding hydrogens is 506 g/mol. The van der Waals surface area contributed by atoms with Gasteiger partial charge in [0.25, 0.3) is 0 Å². The topological polar surface area (TPSA) is 54.2 Å². The highest BCUT2D eigenvalue weighted by molar-refractivity contribution is 14.0. The fourth-order valence-electron chi connectivity index (χ4n) is 3.07. The van der Waals surface area contributed by atoms with Crippen LogP contribution in [0.15, 0.2) is 41.7 Å². The average Bonchev–Trinajstić information content (AvgIpc) is 3.10. The van der Waals surface area contributed by atoms with Crippen LogP contribution in [0.4, 0.5) is 13.2 Å². The van der Waals surface area contributed by atoms with Crippen molar-refractivity contribution in [2.45, 2.75) is 51.7 Å². The second-order valence-corrected chi connectivity index (χ2v) is 7.11. The second kappa shape index (κ2) is 12.8. The van der Waals surface area contributed by atoms with Gasteiger partial charge in [0.1, 0.15) is 5.82 Å². The lowest BCUT2D eigenvalue weighted by Gasteiger charge is -2.16. The van der Waals surface area contributed by atoms with E-state index in [0.717, 1.165) is 37.8 Å². The number of aliphatic imine (C=N–C) groups is 1. The lowest BCUT2D eigenvalue weighted by atomic mass is 9.96. The number of halogens is 4. The SMILES string of the molecule is CN=C(NCCCCn1ccnc1C)NCCC(C)c1cccc(C(F)(F)F)c1.I. The molecule has 30 heavy (non-hydrogen) atoms. The Bertz CT molecular complexity index is 789. The number of nitrogens with zero attached hydrogens (tertiary/aromatic N) is 3. The zero-order valence-corrected chi connectivity index (χ0v) is 20.0. The third kappa shape index (κ3) is 8.53. The number of aryl methyl sites for hydroxylation is 2. The molecule has 1 aromatic carbocycles. The van der Waals surface area contributed by atoms with Crippen LogP contribution < -0.4 is 10.6 Å². The molecule has 5 nitrogen and oxygen atoms in total. The minimum Gasteiger partial charge on any atom is -0.356 e. The fraction of sp³-hybridized carbons (Fsp3) is 0.524. The normalized spacial score (nSPS) is 12.9. The van der Waals surface area contributed by atoms with Crippen LogP contribution in [-0.2, 0) is 12.7 Å². The maximum Gasteiger partial charge on any atom is 0.416 e. The van der Waals surface area contributed by atoms with E-state index in [1.54, 1.807) is 19.3 Å². The van der Waals surface area contributed by atoms with Gasteiger partial charge in [-0.3, -0.25) is 4.99 Å². The first-order valence-electron chi connectivity index (χ1n) is 9.90. The van der Waals surface area contributed by atoms with Crippen LogP contribution in [0.5, 0.6) is 0 Å². The first-order chi connectivity index (χ1) is 13.8. The zero-order chi connectivity index (χ0) is 21.3. The third-order valence-corrected chi connectivity index (χ3v) is 4.92. The van der Waals surface area contributed by atoms with Crippen LogP contribution >= 0.6 is 24.0 Å². The summed E-state index contributed by atoms with van der Waals surface area (Å²) in [7, 11) is 1.71. The van der Waals surface area contributed by atoms with Crippen molar-refractivity contribution in [2.24, 2.45) is 4.99 Å². The smallest absolute Gasteiger partial charge is 0.356 e. The number of unbranched alkanes of at least 4 members (excludes halogenated alkanes) is 1. The van der Waals surface area contributed by atoms with Gasteiger partial charge in [-0.15, -0.1) is 24.0 Å². The van der Waals surface area contributed by atoms with E-state index >= 15 is 0 Å². The molecule has 0 aliphatic carbocycles. The molecule has 2 rings (SSSR count). The first kappa shape index (κ1) is 26.3. The van der Waals surface area contributed by atoms with E-state index in [9.17, 15) is 13.2 Å². The number of benzene rings is 1. The molecule has 0 aliphatic heterocycles. The van der Waals surface area contributed by atoms with Gasteiger partial charge in [-0.2, -0.15) is 13.2 Å². The molecule has 0 radical (unpaired) electrons. The third-order valence-electron chi connectivity index (χ3n) is 4.92. The Kier molecular flexibility index (Phi) is 11.2. The number of alkyl halides is 3. The van der Waals surface area contributed by atoms with Gasteiger partial charge in [-0.1, -0.05) is 25.1 Å². The Balaban J connectivity index is 0.00000450. The molecule has 0 saturated carbocycles. The summed E-state index contributed by atoms with van der Waals surface area (Å²) in [5, 5.41) is 6.50. The average molecular weight is 537 g/mol. The number of nitrogens with one attached hydrogen (secondary N) is 2. The van der Waals surface area contributed by atoms with Gasteiger partial charge in [0.2, 0.25) is 0 Å². The van der Waals surface area contributed by atoms with Crippen molar-refractivity contribution in [1.82, 2.24) is 20.2 Å². The summed E-state index contributed by atoms with van der Waals surface area (Å²) in [4.78, 5) is 8.40. The van der Waals surface area contributed by atoms with Crippen LogP contribution in [0.2, 0.25) is 0 Å². The molecule has 0 saturated heterocycles. The molecule has 1 unspecified atom stereocenters. The molecule has 168 valence electrons. The monoisotopic (exact) mass is 537 g/mol. The molecule has 0 bridgehead atoms. The zero-order valence-electron chi connectivity index (χ0n) is 17.7. The van der Waals surface area contributed by atoms with E-state index in [2.05, 4.69) is 25.2 Å². The molecule has 1 aromatic heterocycles. The summed E-state index contributed by atoms with van der Waals surface area (Å²) in [6.45, 7) is 6.30. The largest absolute Gasteiger partial charge is 0.416 e. The van der Waals surface area contributed by atoms with Gasteiger partial charge in [0.05, 0.1) is 5.56 Å². The van der Waals surface area contributed by atoms with Crippen LogP contribution in [0.3, 0.4) is 0 Å². The Morgan fingerprint density at radius 3 is 2.57 bits per heavy atom. The van der Waals surface area contributed by atoms with Crippen LogP contribution in [-0.4, -0.2) is 35.6 Å². The van der Waals surface area contributed by atoms with Crippen LogP contribution in [0, 0.1) is 6.92 Å². The molecule has 1 heterocycles. The summed E-state index contributed by atoms with van der Waals surface area (Å²) in [6.07, 6.45) is 2.22.